The van der Waals surface area contributed by atoms with E-state index in [2.05, 4.69) is 4.98 Å². The van der Waals surface area contributed by atoms with E-state index in [0.717, 1.165) is 5.56 Å². The highest BCUT2D eigenvalue weighted by Crippen LogP contribution is 2.24. The van der Waals surface area contributed by atoms with Crippen LogP contribution < -0.4 is 4.74 Å². The van der Waals surface area contributed by atoms with Gasteiger partial charge < -0.3 is 9.84 Å². The summed E-state index contributed by atoms with van der Waals surface area (Å²) in [5.74, 6) is -0.0286. The number of halogens is 1. The first kappa shape index (κ1) is 16.6. The van der Waals surface area contributed by atoms with Crippen molar-refractivity contribution in [2.45, 2.75) is 26.9 Å². The quantitative estimate of drug-likeness (QED) is 0.877. The van der Waals surface area contributed by atoms with Gasteiger partial charge in [-0.3, -0.25) is 9.78 Å². The summed E-state index contributed by atoms with van der Waals surface area (Å²) in [4.78, 5) is 12.6. The maximum atomic E-state index is 14.0. The second-order valence-electron chi connectivity index (χ2n) is 4.26. The second-order valence-corrected chi connectivity index (χ2v) is 4.26. The summed E-state index contributed by atoms with van der Waals surface area (Å²) in [6.45, 7) is 3.74. The summed E-state index contributed by atoms with van der Waals surface area (Å²) in [7, 11) is 0. The van der Waals surface area contributed by atoms with E-state index < -0.39 is 0 Å². The molecule has 0 atom stereocenters. The minimum absolute atomic E-state index is 0.250. The molecule has 0 spiro atoms. The second kappa shape index (κ2) is 8.68. The fourth-order valence-corrected chi connectivity index (χ4v) is 1.72. The number of rotatable bonds is 4. The van der Waals surface area contributed by atoms with Gasteiger partial charge in [-0.25, -0.2) is 4.39 Å². The van der Waals surface area contributed by atoms with Gasteiger partial charge in [-0.2, -0.15) is 0 Å². The smallest absolute Gasteiger partial charge is 0.290 e. The summed E-state index contributed by atoms with van der Waals surface area (Å²) in [5.41, 5.74) is 2.18. The Kier molecular flexibility index (Phi) is 6.87. The number of nitrogens with zero attached hydrogens (tertiary/aromatic N) is 1. The van der Waals surface area contributed by atoms with Crippen molar-refractivity contribution in [3.8, 4) is 5.75 Å². The Morgan fingerprint density at radius 2 is 1.95 bits per heavy atom. The number of benzene rings is 1. The molecule has 2 rings (SSSR count). The molecular weight excluding hydrogens is 273 g/mol. The number of pyridine rings is 1. The number of hydrogen-bond donors (Lipinski definition) is 1. The summed E-state index contributed by atoms with van der Waals surface area (Å²) < 4.78 is 19.6. The van der Waals surface area contributed by atoms with Crippen LogP contribution in [0.4, 0.5) is 4.39 Å². The number of carbonyl (C=O) groups is 1. The van der Waals surface area contributed by atoms with Crippen LogP contribution in [-0.2, 0) is 17.8 Å². The number of aromatic nitrogens is 1. The van der Waals surface area contributed by atoms with Crippen molar-refractivity contribution in [2.75, 3.05) is 0 Å². The minimum atomic E-state index is -0.308. The molecule has 0 unspecified atom stereocenters. The molecule has 1 heterocycles. The van der Waals surface area contributed by atoms with Gasteiger partial charge in [0.15, 0.2) is 11.6 Å². The average Bonchev–Trinajstić information content (AvgIpc) is 2.50. The number of hydrogen-bond acceptors (Lipinski definition) is 3. The lowest BCUT2D eigenvalue weighted by atomic mass is 10.2. The Balaban J connectivity index is 0.000000677. The van der Waals surface area contributed by atoms with Crippen molar-refractivity contribution in [3.63, 3.8) is 0 Å². The highest BCUT2D eigenvalue weighted by atomic mass is 19.1. The van der Waals surface area contributed by atoms with Gasteiger partial charge in [-0.05, 0) is 18.9 Å². The van der Waals surface area contributed by atoms with Crippen LogP contribution in [0.5, 0.6) is 5.75 Å². The monoisotopic (exact) mass is 291 g/mol. The van der Waals surface area contributed by atoms with E-state index in [9.17, 15) is 4.39 Å². The molecule has 0 fully saturated rings. The molecule has 1 N–H and O–H groups in total. The van der Waals surface area contributed by atoms with Crippen LogP contribution >= 0.6 is 0 Å². The van der Waals surface area contributed by atoms with Crippen LogP contribution in [0, 0.1) is 12.7 Å². The molecule has 0 bridgehead atoms. The Morgan fingerprint density at radius 1 is 1.33 bits per heavy atom. The molecule has 1 aromatic heterocycles. The largest absolute Gasteiger partial charge is 0.484 e. The molecule has 0 aliphatic heterocycles. The average molecular weight is 291 g/mol. The summed E-state index contributed by atoms with van der Waals surface area (Å²) in [6.07, 6.45) is 2.20. The fourth-order valence-electron chi connectivity index (χ4n) is 1.72. The van der Waals surface area contributed by atoms with E-state index in [1.54, 1.807) is 13.1 Å². The van der Waals surface area contributed by atoms with E-state index in [0.29, 0.717) is 24.3 Å². The van der Waals surface area contributed by atoms with E-state index >= 15 is 0 Å². The molecule has 112 valence electrons. The Morgan fingerprint density at radius 3 is 2.52 bits per heavy atom. The van der Waals surface area contributed by atoms with Crippen LogP contribution in [0.2, 0.25) is 0 Å². The van der Waals surface area contributed by atoms with Gasteiger partial charge in [0.05, 0.1) is 5.69 Å². The normalized spacial score (nSPS) is 9.48. The zero-order chi connectivity index (χ0) is 15.7. The first-order valence-corrected chi connectivity index (χ1v) is 6.52. The van der Waals surface area contributed by atoms with Crippen molar-refractivity contribution in [1.82, 2.24) is 4.98 Å². The van der Waals surface area contributed by atoms with Crippen LogP contribution in [0.15, 0.2) is 36.5 Å². The third-order valence-electron chi connectivity index (χ3n) is 2.78. The summed E-state index contributed by atoms with van der Waals surface area (Å²) >= 11 is 0. The Bertz CT molecular complexity index is 573. The van der Waals surface area contributed by atoms with Crippen molar-refractivity contribution in [3.05, 3.63) is 59.2 Å². The Hall–Kier alpha value is -2.43. The predicted molar refractivity (Wildman–Crippen MR) is 77.8 cm³/mol. The third-order valence-corrected chi connectivity index (χ3v) is 2.78. The lowest BCUT2D eigenvalue weighted by Gasteiger charge is -2.12. The van der Waals surface area contributed by atoms with Crippen molar-refractivity contribution < 1.29 is 19.0 Å². The van der Waals surface area contributed by atoms with E-state index in [1.165, 1.54) is 0 Å². The molecule has 0 saturated heterocycles. The number of aryl methyl sites for hydroxylation is 2. The van der Waals surface area contributed by atoms with Crippen molar-refractivity contribution in [1.29, 1.82) is 0 Å². The zero-order valence-corrected chi connectivity index (χ0v) is 12.0. The van der Waals surface area contributed by atoms with Gasteiger partial charge in [0.25, 0.3) is 6.47 Å². The first-order chi connectivity index (χ1) is 10.1. The van der Waals surface area contributed by atoms with E-state index in [4.69, 9.17) is 14.6 Å². The van der Waals surface area contributed by atoms with Gasteiger partial charge in [-0.15, -0.1) is 0 Å². The first-order valence-electron chi connectivity index (χ1n) is 6.52. The van der Waals surface area contributed by atoms with Crippen LogP contribution in [0.1, 0.15) is 23.7 Å². The zero-order valence-electron chi connectivity index (χ0n) is 12.0. The minimum Gasteiger partial charge on any atom is -0.484 e. The molecule has 0 radical (unpaired) electrons. The molecule has 5 heteroatoms. The van der Waals surface area contributed by atoms with Gasteiger partial charge in [-0.1, -0.05) is 37.3 Å². The fraction of sp³-hybridized carbons (Fsp3) is 0.250. The number of carboxylic acid groups (broad SMARTS) is 1. The molecule has 1 aromatic carbocycles. The Labute approximate surface area is 123 Å². The topological polar surface area (TPSA) is 59.4 Å². The predicted octanol–water partition coefficient (Wildman–Crippen LogP) is 3.37. The molecular formula is C16H18FNO3. The molecule has 21 heavy (non-hydrogen) atoms. The standard InChI is InChI=1S/C15H16FNO.CH2O2/c1-3-13-15(14(16)11(2)9-17-13)18-10-12-7-5-4-6-8-12;2-1-3/h4-9H,3,10H2,1-2H3;1H,(H,2,3). The van der Waals surface area contributed by atoms with Gasteiger partial charge in [0, 0.05) is 11.8 Å². The maximum absolute atomic E-state index is 14.0. The lowest BCUT2D eigenvalue weighted by Crippen LogP contribution is -2.03. The lowest BCUT2D eigenvalue weighted by molar-refractivity contribution is -0.122. The van der Waals surface area contributed by atoms with E-state index in [-0.39, 0.29) is 18.0 Å². The highest BCUT2D eigenvalue weighted by Gasteiger charge is 2.13. The molecule has 2 aromatic rings. The SMILES string of the molecule is CCc1ncc(C)c(F)c1OCc1ccccc1.O=CO. The summed E-state index contributed by atoms with van der Waals surface area (Å²) in [6, 6.07) is 9.71. The molecule has 0 amide bonds. The van der Waals surface area contributed by atoms with Crippen molar-refractivity contribution in [2.24, 2.45) is 0 Å². The molecule has 0 saturated carbocycles. The molecule has 0 aliphatic rings. The van der Waals surface area contributed by atoms with Gasteiger partial charge >= 0.3 is 0 Å². The molecule has 0 aliphatic carbocycles. The van der Waals surface area contributed by atoms with E-state index in [1.807, 2.05) is 37.3 Å². The maximum Gasteiger partial charge on any atom is 0.290 e. The van der Waals surface area contributed by atoms with Crippen LogP contribution in [0.3, 0.4) is 0 Å². The molecule has 4 nitrogen and oxygen atoms in total. The number of ether oxygens (including phenoxy) is 1. The summed E-state index contributed by atoms with van der Waals surface area (Å²) in [5, 5.41) is 6.89. The van der Waals surface area contributed by atoms with Crippen LogP contribution in [-0.4, -0.2) is 16.6 Å². The third kappa shape index (κ3) is 4.87. The van der Waals surface area contributed by atoms with Gasteiger partial charge in [0.1, 0.15) is 6.61 Å². The highest BCUT2D eigenvalue weighted by molar-refractivity contribution is 5.33. The van der Waals surface area contributed by atoms with Crippen molar-refractivity contribution >= 4 is 6.47 Å². The van der Waals surface area contributed by atoms with Crippen LogP contribution in [0.25, 0.3) is 0 Å². The van der Waals surface area contributed by atoms with Gasteiger partial charge in [0.2, 0.25) is 0 Å².